The number of anilines is 1. The van der Waals surface area contributed by atoms with Crippen LogP contribution < -0.4 is 5.32 Å². The van der Waals surface area contributed by atoms with E-state index >= 15 is 0 Å². The maximum atomic E-state index is 13.2. The molecule has 30 heavy (non-hydrogen) atoms. The number of nitrogens with one attached hydrogen (secondary N) is 1. The average molecular weight is 484 g/mol. The number of carbonyl (C=O) groups is 1. The smallest absolute Gasteiger partial charge is 0.243 e. The van der Waals surface area contributed by atoms with Crippen molar-refractivity contribution >= 4 is 56.4 Å². The first-order valence-electron chi connectivity index (χ1n) is 8.81. The Morgan fingerprint density at radius 2 is 1.43 bits per heavy atom. The zero-order valence-corrected chi connectivity index (χ0v) is 18.6. The Hall–Kier alpha value is -2.09. The fraction of sp³-hybridized carbons (Fsp3) is 0.0952. The molecule has 1 amide bonds. The first kappa shape index (κ1) is 22.6. The molecule has 0 bridgehead atoms. The minimum Gasteiger partial charge on any atom is -0.322 e. The first-order chi connectivity index (χ1) is 14.3. The minimum absolute atomic E-state index is 0.0158. The number of benzene rings is 3. The summed E-state index contributed by atoms with van der Waals surface area (Å²) in [5.74, 6) is -0.571. The molecule has 0 aliphatic carbocycles. The van der Waals surface area contributed by atoms with Gasteiger partial charge < -0.3 is 5.32 Å². The van der Waals surface area contributed by atoms with Crippen LogP contribution in [0.25, 0.3) is 0 Å². The molecule has 0 heterocycles. The summed E-state index contributed by atoms with van der Waals surface area (Å²) in [6.07, 6.45) is 0. The number of hydrogen-bond acceptors (Lipinski definition) is 3. The SMILES string of the molecule is O=C(CN(Cc1ccc(Cl)cc1)S(=O)(=O)c1ccccc1)Nc1c(Cl)cccc1Cl. The Kier molecular flexibility index (Phi) is 7.39. The van der Waals surface area contributed by atoms with E-state index in [9.17, 15) is 13.2 Å². The van der Waals surface area contributed by atoms with E-state index in [1.807, 2.05) is 0 Å². The molecule has 0 radical (unpaired) electrons. The molecular weight excluding hydrogens is 467 g/mol. The van der Waals surface area contributed by atoms with Gasteiger partial charge in [0.05, 0.1) is 27.2 Å². The van der Waals surface area contributed by atoms with E-state index in [1.54, 1.807) is 60.7 Å². The van der Waals surface area contributed by atoms with Crippen molar-refractivity contribution < 1.29 is 13.2 Å². The van der Waals surface area contributed by atoms with Gasteiger partial charge in [-0.1, -0.05) is 71.2 Å². The molecule has 0 aliphatic heterocycles. The third kappa shape index (κ3) is 5.53. The highest BCUT2D eigenvalue weighted by molar-refractivity contribution is 7.89. The van der Waals surface area contributed by atoms with Crippen molar-refractivity contribution in [3.63, 3.8) is 0 Å². The van der Waals surface area contributed by atoms with Gasteiger partial charge in [-0.05, 0) is 42.0 Å². The van der Waals surface area contributed by atoms with Crippen LogP contribution in [0.2, 0.25) is 15.1 Å². The van der Waals surface area contributed by atoms with E-state index in [4.69, 9.17) is 34.8 Å². The van der Waals surface area contributed by atoms with Gasteiger partial charge in [0.2, 0.25) is 15.9 Å². The molecule has 0 fully saturated rings. The summed E-state index contributed by atoms with van der Waals surface area (Å²) in [6, 6.07) is 19.5. The van der Waals surface area contributed by atoms with Gasteiger partial charge in [0, 0.05) is 11.6 Å². The Morgan fingerprint density at radius 3 is 2.03 bits per heavy atom. The van der Waals surface area contributed by atoms with Crippen molar-refractivity contribution in [3.8, 4) is 0 Å². The second-order valence-electron chi connectivity index (χ2n) is 6.36. The van der Waals surface area contributed by atoms with E-state index < -0.39 is 22.5 Å². The fourth-order valence-corrected chi connectivity index (χ4v) is 4.74. The van der Waals surface area contributed by atoms with Gasteiger partial charge >= 0.3 is 0 Å². The molecule has 0 saturated carbocycles. The van der Waals surface area contributed by atoms with Crippen LogP contribution in [0.5, 0.6) is 0 Å². The van der Waals surface area contributed by atoms with Crippen LogP contribution >= 0.6 is 34.8 Å². The molecule has 156 valence electrons. The van der Waals surface area contributed by atoms with Gasteiger partial charge in [0.25, 0.3) is 0 Å². The van der Waals surface area contributed by atoms with E-state index in [0.29, 0.717) is 10.6 Å². The zero-order chi connectivity index (χ0) is 21.7. The Labute approximate surface area is 190 Å². The van der Waals surface area contributed by atoms with E-state index in [1.165, 1.54) is 12.1 Å². The molecule has 0 unspecified atom stereocenters. The number of rotatable bonds is 7. The lowest BCUT2D eigenvalue weighted by Crippen LogP contribution is -2.37. The number of amides is 1. The monoisotopic (exact) mass is 482 g/mol. The molecule has 0 saturated heterocycles. The fourth-order valence-electron chi connectivity index (χ4n) is 2.72. The Bertz CT molecular complexity index is 1120. The third-order valence-corrected chi connectivity index (χ3v) is 6.89. The molecule has 0 atom stereocenters. The van der Waals surface area contributed by atoms with Gasteiger partial charge in [0.1, 0.15) is 0 Å². The van der Waals surface area contributed by atoms with Crippen LogP contribution in [0.4, 0.5) is 5.69 Å². The summed E-state index contributed by atoms with van der Waals surface area (Å²) in [5.41, 5.74) is 0.914. The molecular formula is C21H17Cl3N2O3S. The predicted octanol–water partition coefficient (Wildman–Crippen LogP) is 5.48. The number of nitrogens with zero attached hydrogens (tertiary/aromatic N) is 1. The summed E-state index contributed by atoms with van der Waals surface area (Å²) in [4.78, 5) is 12.8. The average Bonchev–Trinajstić information content (AvgIpc) is 2.72. The standard InChI is InChI=1S/C21H17Cl3N2O3S/c22-16-11-9-15(10-12-16)13-26(30(28,29)17-5-2-1-3-6-17)14-20(27)25-21-18(23)7-4-8-19(21)24/h1-12H,13-14H2,(H,25,27). The van der Waals surface area contributed by atoms with Crippen LogP contribution in [0, 0.1) is 0 Å². The maximum absolute atomic E-state index is 13.2. The molecule has 3 aromatic rings. The lowest BCUT2D eigenvalue weighted by molar-refractivity contribution is -0.116. The van der Waals surface area contributed by atoms with E-state index in [-0.39, 0.29) is 27.2 Å². The normalized spacial score (nSPS) is 11.5. The molecule has 5 nitrogen and oxygen atoms in total. The lowest BCUT2D eigenvalue weighted by Gasteiger charge is -2.22. The van der Waals surface area contributed by atoms with Crippen molar-refractivity contribution in [1.29, 1.82) is 0 Å². The Morgan fingerprint density at radius 1 is 0.833 bits per heavy atom. The first-order valence-corrected chi connectivity index (χ1v) is 11.4. The van der Waals surface area contributed by atoms with Crippen LogP contribution in [0.1, 0.15) is 5.56 Å². The maximum Gasteiger partial charge on any atom is 0.243 e. The number of halogens is 3. The topological polar surface area (TPSA) is 66.5 Å². The molecule has 3 aromatic carbocycles. The predicted molar refractivity (Wildman–Crippen MR) is 121 cm³/mol. The molecule has 1 N–H and O–H groups in total. The van der Waals surface area contributed by atoms with E-state index in [2.05, 4.69) is 5.32 Å². The summed E-state index contributed by atoms with van der Waals surface area (Å²) >= 11 is 18.1. The second kappa shape index (κ2) is 9.81. The molecule has 0 aromatic heterocycles. The Balaban J connectivity index is 1.89. The highest BCUT2D eigenvalue weighted by Gasteiger charge is 2.27. The van der Waals surface area contributed by atoms with Crippen molar-refractivity contribution in [2.45, 2.75) is 11.4 Å². The van der Waals surface area contributed by atoms with Gasteiger partial charge in [-0.15, -0.1) is 0 Å². The third-order valence-electron chi connectivity index (χ3n) is 4.20. The van der Waals surface area contributed by atoms with Crippen molar-refractivity contribution in [3.05, 3.63) is 93.4 Å². The van der Waals surface area contributed by atoms with Crippen LogP contribution in [0.3, 0.4) is 0 Å². The quantitative estimate of drug-likeness (QED) is 0.484. The number of para-hydroxylation sites is 1. The van der Waals surface area contributed by atoms with Crippen LogP contribution in [-0.2, 0) is 21.4 Å². The number of hydrogen-bond donors (Lipinski definition) is 1. The van der Waals surface area contributed by atoms with Gasteiger partial charge in [-0.3, -0.25) is 4.79 Å². The summed E-state index contributed by atoms with van der Waals surface area (Å²) < 4.78 is 27.5. The molecule has 0 spiro atoms. The second-order valence-corrected chi connectivity index (χ2v) is 9.55. The van der Waals surface area contributed by atoms with Gasteiger partial charge in [-0.25, -0.2) is 8.42 Å². The van der Waals surface area contributed by atoms with Gasteiger partial charge in [0.15, 0.2) is 0 Å². The summed E-state index contributed by atoms with van der Waals surface area (Å²) in [7, 11) is -3.94. The van der Waals surface area contributed by atoms with E-state index in [0.717, 1.165) is 4.31 Å². The van der Waals surface area contributed by atoms with Crippen molar-refractivity contribution in [2.24, 2.45) is 0 Å². The number of carbonyl (C=O) groups excluding carboxylic acids is 1. The summed E-state index contributed by atoms with van der Waals surface area (Å²) in [6.45, 7) is -0.445. The molecule has 9 heteroatoms. The lowest BCUT2D eigenvalue weighted by atomic mass is 10.2. The van der Waals surface area contributed by atoms with Crippen LogP contribution in [-0.4, -0.2) is 25.2 Å². The molecule has 0 aliphatic rings. The van der Waals surface area contributed by atoms with Gasteiger partial charge in [-0.2, -0.15) is 4.31 Å². The van der Waals surface area contributed by atoms with Crippen molar-refractivity contribution in [2.75, 3.05) is 11.9 Å². The summed E-state index contributed by atoms with van der Waals surface area (Å²) in [5, 5.41) is 3.64. The highest BCUT2D eigenvalue weighted by atomic mass is 35.5. The van der Waals surface area contributed by atoms with Crippen LogP contribution in [0.15, 0.2) is 77.7 Å². The number of sulfonamides is 1. The zero-order valence-electron chi connectivity index (χ0n) is 15.6. The highest BCUT2D eigenvalue weighted by Crippen LogP contribution is 2.30. The minimum atomic E-state index is -3.94. The van der Waals surface area contributed by atoms with Crippen molar-refractivity contribution in [1.82, 2.24) is 4.31 Å². The molecule has 3 rings (SSSR count). The largest absolute Gasteiger partial charge is 0.322 e.